The maximum absolute atomic E-state index is 5.54. The Bertz CT molecular complexity index is 503. The first-order valence-corrected chi connectivity index (χ1v) is 5.92. The van der Waals surface area contributed by atoms with Crippen LogP contribution in [-0.4, -0.2) is 16.1 Å². The lowest BCUT2D eigenvalue weighted by molar-refractivity contribution is 0.708. The van der Waals surface area contributed by atoms with Crippen LogP contribution >= 0.6 is 0 Å². The number of aromatic nitrogens is 2. The average Bonchev–Trinajstić information content (AvgIpc) is 2.65. The van der Waals surface area contributed by atoms with E-state index in [2.05, 4.69) is 44.1 Å². The molecular weight excluding hydrogens is 210 g/mol. The van der Waals surface area contributed by atoms with E-state index in [0.29, 0.717) is 6.54 Å². The van der Waals surface area contributed by atoms with Crippen LogP contribution in [0.3, 0.4) is 0 Å². The Balaban J connectivity index is 2.45. The summed E-state index contributed by atoms with van der Waals surface area (Å²) < 4.78 is 2.04. The van der Waals surface area contributed by atoms with Gasteiger partial charge in [0, 0.05) is 24.8 Å². The van der Waals surface area contributed by atoms with Crippen molar-refractivity contribution in [2.24, 2.45) is 5.73 Å². The third-order valence-corrected chi connectivity index (χ3v) is 2.95. The molecule has 0 aliphatic rings. The van der Waals surface area contributed by atoms with E-state index >= 15 is 0 Å². The van der Waals surface area contributed by atoms with Crippen LogP contribution in [0.5, 0.6) is 0 Å². The van der Waals surface area contributed by atoms with Gasteiger partial charge in [-0.15, -0.1) is 0 Å². The minimum atomic E-state index is 0.641. The lowest BCUT2D eigenvalue weighted by Gasteiger charge is -2.08. The monoisotopic (exact) mass is 229 g/mol. The molecule has 2 aromatic rings. The quantitative estimate of drug-likeness (QED) is 0.878. The van der Waals surface area contributed by atoms with E-state index in [1.165, 1.54) is 22.3 Å². The van der Waals surface area contributed by atoms with Crippen LogP contribution in [0.1, 0.15) is 16.7 Å². The molecule has 0 fully saturated rings. The summed E-state index contributed by atoms with van der Waals surface area (Å²) in [6, 6.07) is 4.40. The Morgan fingerprint density at radius 3 is 2.41 bits per heavy atom. The number of rotatable bonds is 3. The first kappa shape index (κ1) is 11.9. The largest absolute Gasteiger partial charge is 0.336 e. The van der Waals surface area contributed by atoms with Crippen molar-refractivity contribution in [1.82, 2.24) is 9.55 Å². The fraction of sp³-hybridized carbons (Fsp3) is 0.357. The van der Waals surface area contributed by atoms with Crippen LogP contribution in [0, 0.1) is 20.8 Å². The molecule has 0 amide bonds. The molecule has 1 aromatic carbocycles. The van der Waals surface area contributed by atoms with Crippen LogP contribution in [0.2, 0.25) is 0 Å². The fourth-order valence-corrected chi connectivity index (χ4v) is 2.34. The van der Waals surface area contributed by atoms with Gasteiger partial charge in [0.25, 0.3) is 0 Å². The third kappa shape index (κ3) is 2.39. The normalized spacial score (nSPS) is 10.8. The van der Waals surface area contributed by atoms with Crippen LogP contribution in [-0.2, 0) is 6.54 Å². The minimum Gasteiger partial charge on any atom is -0.336 e. The molecule has 2 N–H and O–H groups in total. The van der Waals surface area contributed by atoms with Gasteiger partial charge in [-0.3, -0.25) is 0 Å². The van der Waals surface area contributed by atoms with Gasteiger partial charge in [-0.25, -0.2) is 4.98 Å². The van der Waals surface area contributed by atoms with Gasteiger partial charge < -0.3 is 10.3 Å². The zero-order valence-corrected chi connectivity index (χ0v) is 10.7. The second-order valence-corrected chi connectivity index (χ2v) is 4.56. The molecule has 0 spiro atoms. The average molecular weight is 229 g/mol. The Hall–Kier alpha value is -1.61. The van der Waals surface area contributed by atoms with Crippen molar-refractivity contribution in [2.75, 3.05) is 6.54 Å². The molecule has 0 saturated carbocycles. The number of nitrogens with zero attached hydrogens (tertiary/aromatic N) is 2. The topological polar surface area (TPSA) is 43.8 Å². The van der Waals surface area contributed by atoms with Crippen molar-refractivity contribution in [3.05, 3.63) is 41.3 Å². The predicted molar refractivity (Wildman–Crippen MR) is 70.9 cm³/mol. The lowest BCUT2D eigenvalue weighted by atomic mass is 9.98. The van der Waals surface area contributed by atoms with Crippen molar-refractivity contribution in [1.29, 1.82) is 0 Å². The molecule has 0 aliphatic carbocycles. The van der Waals surface area contributed by atoms with Crippen molar-refractivity contribution in [3.8, 4) is 11.3 Å². The molecule has 2 rings (SSSR count). The maximum atomic E-state index is 5.54. The summed E-state index contributed by atoms with van der Waals surface area (Å²) in [4.78, 5) is 4.46. The van der Waals surface area contributed by atoms with Crippen LogP contribution in [0.4, 0.5) is 0 Å². The number of imidazole rings is 1. The molecule has 1 heterocycles. The van der Waals surface area contributed by atoms with Crippen LogP contribution in [0.15, 0.2) is 24.7 Å². The van der Waals surface area contributed by atoms with Crippen molar-refractivity contribution >= 4 is 0 Å². The van der Waals surface area contributed by atoms with Gasteiger partial charge in [-0.2, -0.15) is 0 Å². The van der Waals surface area contributed by atoms with Gasteiger partial charge >= 0.3 is 0 Å². The molecule has 0 saturated heterocycles. The highest BCUT2D eigenvalue weighted by atomic mass is 15.0. The summed E-state index contributed by atoms with van der Waals surface area (Å²) in [5.41, 5.74) is 11.7. The number of aryl methyl sites for hydroxylation is 3. The molecular formula is C14H19N3. The van der Waals surface area contributed by atoms with E-state index in [0.717, 1.165) is 12.2 Å². The summed E-state index contributed by atoms with van der Waals surface area (Å²) in [6.45, 7) is 7.85. The Labute approximate surface area is 102 Å². The van der Waals surface area contributed by atoms with E-state index in [-0.39, 0.29) is 0 Å². The SMILES string of the molecule is Cc1cc(C)c(-c2cn(CCN)cn2)c(C)c1. The summed E-state index contributed by atoms with van der Waals surface area (Å²) in [5.74, 6) is 0. The number of benzene rings is 1. The zero-order valence-electron chi connectivity index (χ0n) is 10.7. The van der Waals surface area contributed by atoms with E-state index in [4.69, 9.17) is 5.73 Å². The highest BCUT2D eigenvalue weighted by Crippen LogP contribution is 2.26. The number of hydrogen-bond acceptors (Lipinski definition) is 2. The summed E-state index contributed by atoms with van der Waals surface area (Å²) in [7, 11) is 0. The van der Waals surface area contributed by atoms with E-state index < -0.39 is 0 Å². The summed E-state index contributed by atoms with van der Waals surface area (Å²) in [5, 5.41) is 0. The van der Waals surface area contributed by atoms with Gasteiger partial charge in [-0.05, 0) is 31.9 Å². The van der Waals surface area contributed by atoms with Gasteiger partial charge in [0.15, 0.2) is 0 Å². The first-order valence-electron chi connectivity index (χ1n) is 5.92. The molecule has 0 atom stereocenters. The molecule has 0 bridgehead atoms. The molecule has 0 unspecified atom stereocenters. The smallest absolute Gasteiger partial charge is 0.0954 e. The van der Waals surface area contributed by atoms with Crippen LogP contribution in [0.25, 0.3) is 11.3 Å². The Morgan fingerprint density at radius 1 is 1.18 bits per heavy atom. The molecule has 0 radical (unpaired) electrons. The van der Waals surface area contributed by atoms with Gasteiger partial charge in [0.05, 0.1) is 12.0 Å². The highest BCUT2D eigenvalue weighted by molar-refractivity contribution is 5.67. The number of hydrogen-bond donors (Lipinski definition) is 1. The molecule has 90 valence electrons. The van der Waals surface area contributed by atoms with Crippen LogP contribution < -0.4 is 5.73 Å². The van der Waals surface area contributed by atoms with E-state index in [9.17, 15) is 0 Å². The summed E-state index contributed by atoms with van der Waals surface area (Å²) in [6.07, 6.45) is 3.92. The molecule has 3 nitrogen and oxygen atoms in total. The van der Waals surface area contributed by atoms with Gasteiger partial charge in [-0.1, -0.05) is 17.7 Å². The first-order chi connectivity index (χ1) is 8.11. The second-order valence-electron chi connectivity index (χ2n) is 4.56. The molecule has 3 heteroatoms. The maximum Gasteiger partial charge on any atom is 0.0954 e. The Kier molecular flexibility index (Phi) is 3.29. The fourth-order valence-electron chi connectivity index (χ4n) is 2.34. The summed E-state index contributed by atoms with van der Waals surface area (Å²) >= 11 is 0. The highest BCUT2D eigenvalue weighted by Gasteiger charge is 2.09. The van der Waals surface area contributed by atoms with E-state index in [1.807, 2.05) is 10.9 Å². The van der Waals surface area contributed by atoms with Crippen molar-refractivity contribution < 1.29 is 0 Å². The Morgan fingerprint density at radius 2 is 1.82 bits per heavy atom. The molecule has 0 aliphatic heterocycles. The molecule has 1 aromatic heterocycles. The van der Waals surface area contributed by atoms with Crippen molar-refractivity contribution in [2.45, 2.75) is 27.3 Å². The second kappa shape index (κ2) is 4.72. The zero-order chi connectivity index (χ0) is 12.4. The predicted octanol–water partition coefficient (Wildman–Crippen LogP) is 2.43. The molecule has 17 heavy (non-hydrogen) atoms. The van der Waals surface area contributed by atoms with Gasteiger partial charge in [0.1, 0.15) is 0 Å². The van der Waals surface area contributed by atoms with E-state index in [1.54, 1.807) is 0 Å². The lowest BCUT2D eigenvalue weighted by Crippen LogP contribution is -2.07. The standard InChI is InChI=1S/C14H19N3/c1-10-6-11(2)14(12(3)7-10)13-8-17(5-4-15)9-16-13/h6-9H,4-5,15H2,1-3H3. The third-order valence-electron chi connectivity index (χ3n) is 2.95. The van der Waals surface area contributed by atoms with Gasteiger partial charge in [0.2, 0.25) is 0 Å². The minimum absolute atomic E-state index is 0.641. The van der Waals surface area contributed by atoms with Crippen molar-refractivity contribution in [3.63, 3.8) is 0 Å². The number of nitrogens with two attached hydrogens (primary N) is 1.